The molecule has 0 aliphatic carbocycles. The van der Waals surface area contributed by atoms with Gasteiger partial charge < -0.3 is 10.1 Å². The Morgan fingerprint density at radius 3 is 2.53 bits per heavy atom. The highest BCUT2D eigenvalue weighted by Crippen LogP contribution is 2.29. The predicted molar refractivity (Wildman–Crippen MR) is 85.1 cm³/mol. The molecule has 1 unspecified atom stereocenters. The smallest absolute Gasteiger partial charge is 0.118 e. The van der Waals surface area contributed by atoms with Crippen molar-refractivity contribution < 1.29 is 4.74 Å². The van der Waals surface area contributed by atoms with Crippen LogP contribution >= 0.6 is 27.3 Å². The maximum atomic E-state index is 5.17. The molecule has 2 aromatic rings. The highest BCUT2D eigenvalue weighted by molar-refractivity contribution is 9.10. The van der Waals surface area contributed by atoms with Crippen molar-refractivity contribution in [1.29, 1.82) is 0 Å². The fraction of sp³-hybridized carbons (Fsp3) is 0.333. The van der Waals surface area contributed by atoms with Crippen LogP contribution in [0.25, 0.3) is 0 Å². The summed E-state index contributed by atoms with van der Waals surface area (Å²) in [5.41, 5.74) is 2.69. The third-order valence-electron chi connectivity index (χ3n) is 3.25. The average molecular weight is 340 g/mol. The van der Waals surface area contributed by atoms with Crippen molar-refractivity contribution in [2.45, 2.75) is 18.9 Å². The third kappa shape index (κ3) is 3.81. The zero-order valence-corrected chi connectivity index (χ0v) is 13.6. The summed E-state index contributed by atoms with van der Waals surface area (Å²) >= 11 is 5.34. The van der Waals surface area contributed by atoms with E-state index in [4.69, 9.17) is 4.74 Å². The molecule has 4 heteroatoms. The Morgan fingerprint density at radius 1 is 1.26 bits per heavy atom. The van der Waals surface area contributed by atoms with Gasteiger partial charge in [0.2, 0.25) is 0 Å². The minimum absolute atomic E-state index is 0.391. The van der Waals surface area contributed by atoms with Crippen LogP contribution in [0, 0.1) is 0 Å². The summed E-state index contributed by atoms with van der Waals surface area (Å²) < 4.78 is 6.37. The molecule has 2 rings (SSSR count). The SMILES string of the molecule is CNC(CCc1ccc(OC)cc1)c1cscc1Br. The van der Waals surface area contributed by atoms with Crippen LogP contribution in [-0.4, -0.2) is 14.2 Å². The molecule has 1 N–H and O–H groups in total. The molecule has 0 spiro atoms. The Morgan fingerprint density at radius 2 is 2.00 bits per heavy atom. The van der Waals surface area contributed by atoms with Crippen molar-refractivity contribution in [2.75, 3.05) is 14.2 Å². The van der Waals surface area contributed by atoms with E-state index in [-0.39, 0.29) is 0 Å². The molecule has 0 bridgehead atoms. The Balaban J connectivity index is 1.98. The monoisotopic (exact) mass is 339 g/mol. The molecule has 19 heavy (non-hydrogen) atoms. The molecule has 0 aliphatic heterocycles. The van der Waals surface area contributed by atoms with E-state index < -0.39 is 0 Å². The van der Waals surface area contributed by atoms with Crippen molar-refractivity contribution in [1.82, 2.24) is 5.32 Å². The first-order valence-corrected chi connectivity index (χ1v) is 8.00. The van der Waals surface area contributed by atoms with E-state index in [1.54, 1.807) is 18.4 Å². The van der Waals surface area contributed by atoms with Gasteiger partial charge in [0.1, 0.15) is 5.75 Å². The molecule has 0 radical (unpaired) electrons. The first-order valence-electron chi connectivity index (χ1n) is 6.26. The molecule has 0 fully saturated rings. The average Bonchev–Trinajstić information content (AvgIpc) is 2.87. The van der Waals surface area contributed by atoms with E-state index in [1.165, 1.54) is 15.6 Å². The lowest BCUT2D eigenvalue weighted by atomic mass is 10.0. The summed E-state index contributed by atoms with van der Waals surface area (Å²) in [4.78, 5) is 0. The summed E-state index contributed by atoms with van der Waals surface area (Å²) in [7, 11) is 3.71. The summed E-state index contributed by atoms with van der Waals surface area (Å²) in [6.07, 6.45) is 2.13. The highest BCUT2D eigenvalue weighted by atomic mass is 79.9. The molecule has 102 valence electrons. The van der Waals surface area contributed by atoms with Crippen LogP contribution in [0.2, 0.25) is 0 Å². The normalized spacial score (nSPS) is 12.4. The number of halogens is 1. The second-order valence-electron chi connectivity index (χ2n) is 4.40. The molecule has 1 atom stereocenters. The summed E-state index contributed by atoms with van der Waals surface area (Å²) in [5.74, 6) is 0.912. The van der Waals surface area contributed by atoms with Gasteiger partial charge in [-0.2, -0.15) is 11.3 Å². The second-order valence-corrected chi connectivity index (χ2v) is 6.00. The predicted octanol–water partition coefficient (Wildman–Crippen LogP) is 4.41. The Bertz CT molecular complexity index is 509. The van der Waals surface area contributed by atoms with Crippen molar-refractivity contribution >= 4 is 27.3 Å². The van der Waals surface area contributed by atoms with Gasteiger partial charge in [0.05, 0.1) is 7.11 Å². The number of rotatable bonds is 6. The van der Waals surface area contributed by atoms with Crippen LogP contribution in [0.1, 0.15) is 23.6 Å². The van der Waals surface area contributed by atoms with Gasteiger partial charge in [-0.3, -0.25) is 0 Å². The summed E-state index contributed by atoms with van der Waals surface area (Å²) in [6.45, 7) is 0. The lowest BCUT2D eigenvalue weighted by Gasteiger charge is -2.16. The van der Waals surface area contributed by atoms with Gasteiger partial charge in [-0.05, 0) is 64.5 Å². The van der Waals surface area contributed by atoms with Crippen molar-refractivity contribution in [2.24, 2.45) is 0 Å². The molecule has 2 nitrogen and oxygen atoms in total. The van der Waals surface area contributed by atoms with E-state index in [2.05, 4.69) is 44.1 Å². The van der Waals surface area contributed by atoms with Crippen molar-refractivity contribution in [3.63, 3.8) is 0 Å². The third-order valence-corrected chi connectivity index (χ3v) is 5.00. The largest absolute Gasteiger partial charge is 0.497 e. The van der Waals surface area contributed by atoms with E-state index >= 15 is 0 Å². The molecule has 0 saturated heterocycles. The van der Waals surface area contributed by atoms with E-state index in [0.717, 1.165) is 18.6 Å². The number of hydrogen-bond donors (Lipinski definition) is 1. The number of methoxy groups -OCH3 is 1. The molecule has 0 saturated carbocycles. The topological polar surface area (TPSA) is 21.3 Å². The second kappa shape index (κ2) is 7.08. The number of thiophene rings is 1. The first-order chi connectivity index (χ1) is 9.24. The van der Waals surface area contributed by atoms with Crippen LogP contribution in [-0.2, 0) is 6.42 Å². The van der Waals surface area contributed by atoms with E-state index in [9.17, 15) is 0 Å². The molecule has 0 aliphatic rings. The number of aryl methyl sites for hydroxylation is 1. The fourth-order valence-corrected chi connectivity index (χ4v) is 3.73. The van der Waals surface area contributed by atoms with Crippen LogP contribution in [0.4, 0.5) is 0 Å². The lowest BCUT2D eigenvalue weighted by Crippen LogP contribution is -2.16. The minimum atomic E-state index is 0.391. The van der Waals surface area contributed by atoms with E-state index in [0.29, 0.717) is 6.04 Å². The number of benzene rings is 1. The maximum Gasteiger partial charge on any atom is 0.118 e. The van der Waals surface area contributed by atoms with Crippen LogP contribution in [0.5, 0.6) is 5.75 Å². The van der Waals surface area contributed by atoms with Gasteiger partial charge in [-0.15, -0.1) is 0 Å². The molecule has 0 amide bonds. The van der Waals surface area contributed by atoms with Gasteiger partial charge in [-0.25, -0.2) is 0 Å². The van der Waals surface area contributed by atoms with Gasteiger partial charge in [-0.1, -0.05) is 12.1 Å². The summed E-state index contributed by atoms with van der Waals surface area (Å²) in [5, 5.41) is 7.73. The zero-order valence-electron chi connectivity index (χ0n) is 11.2. The fourth-order valence-electron chi connectivity index (χ4n) is 2.10. The van der Waals surface area contributed by atoms with Gasteiger partial charge in [0.25, 0.3) is 0 Å². The van der Waals surface area contributed by atoms with Crippen LogP contribution in [0.3, 0.4) is 0 Å². The Labute approximate surface area is 126 Å². The standard InChI is InChI=1S/C15H18BrNOS/c1-17-15(13-9-19-10-14(13)16)8-5-11-3-6-12(18-2)7-4-11/h3-4,6-7,9-10,15,17H,5,8H2,1-2H3. The number of nitrogens with one attached hydrogen (secondary N) is 1. The number of ether oxygens (including phenoxy) is 1. The zero-order chi connectivity index (χ0) is 13.7. The quantitative estimate of drug-likeness (QED) is 0.841. The molecule has 1 heterocycles. The van der Waals surface area contributed by atoms with Gasteiger partial charge in [0.15, 0.2) is 0 Å². The molecule has 1 aromatic carbocycles. The maximum absolute atomic E-state index is 5.17. The van der Waals surface area contributed by atoms with Crippen LogP contribution in [0.15, 0.2) is 39.5 Å². The first kappa shape index (κ1) is 14.6. The minimum Gasteiger partial charge on any atom is -0.497 e. The molecular weight excluding hydrogens is 322 g/mol. The van der Waals surface area contributed by atoms with Gasteiger partial charge in [0, 0.05) is 15.9 Å². The Kier molecular flexibility index (Phi) is 5.43. The highest BCUT2D eigenvalue weighted by Gasteiger charge is 2.13. The molecule has 1 aromatic heterocycles. The van der Waals surface area contributed by atoms with Crippen molar-refractivity contribution in [3.05, 3.63) is 50.6 Å². The summed E-state index contributed by atoms with van der Waals surface area (Å²) in [6, 6.07) is 8.69. The van der Waals surface area contributed by atoms with Gasteiger partial charge >= 0.3 is 0 Å². The molecular formula is C15H18BrNOS. The lowest BCUT2D eigenvalue weighted by molar-refractivity contribution is 0.414. The van der Waals surface area contributed by atoms with Crippen LogP contribution < -0.4 is 10.1 Å². The number of hydrogen-bond acceptors (Lipinski definition) is 3. The van der Waals surface area contributed by atoms with E-state index in [1.807, 2.05) is 19.2 Å². The van der Waals surface area contributed by atoms with Crippen molar-refractivity contribution in [3.8, 4) is 5.75 Å². The Hall–Kier alpha value is -0.840.